The second-order valence-electron chi connectivity index (χ2n) is 23.7. The zero-order chi connectivity index (χ0) is 58.6. The monoisotopic (exact) mass is 1140 g/mol. The van der Waals surface area contributed by atoms with Gasteiger partial charge in [0.25, 0.3) is 0 Å². The molecule has 3 saturated heterocycles. The highest BCUT2D eigenvalue weighted by Crippen LogP contribution is 2.48. The summed E-state index contributed by atoms with van der Waals surface area (Å²) in [7, 11) is 1.20. The third-order valence-electron chi connectivity index (χ3n) is 17.4. The number of carbonyl (C=O) groups is 3. The Labute approximate surface area is 465 Å². The van der Waals surface area contributed by atoms with Crippen LogP contribution in [0.1, 0.15) is 128 Å². The lowest BCUT2D eigenvalue weighted by Crippen LogP contribution is -2.56. The Kier molecular flexibility index (Phi) is 19.7. The molecule has 6 aliphatic rings. The van der Waals surface area contributed by atoms with Crippen LogP contribution in [0.25, 0.3) is 10.8 Å². The van der Waals surface area contributed by atoms with Crippen LogP contribution in [0.4, 0.5) is 0 Å². The van der Waals surface area contributed by atoms with Gasteiger partial charge in [-0.25, -0.2) is 0 Å². The van der Waals surface area contributed by atoms with Gasteiger partial charge in [-0.1, -0.05) is 20.8 Å². The molecule has 450 valence electrons. The van der Waals surface area contributed by atoms with E-state index in [0.29, 0.717) is 12.8 Å². The number of ketones is 2. The zero-order valence-corrected chi connectivity index (χ0v) is 47.2. The highest BCUT2D eigenvalue weighted by molar-refractivity contribution is 6.11. The highest BCUT2D eigenvalue weighted by Gasteiger charge is 2.51. The maximum absolute atomic E-state index is 15.1. The first kappa shape index (κ1) is 62.3. The van der Waals surface area contributed by atoms with Crippen molar-refractivity contribution >= 4 is 28.3 Å². The summed E-state index contributed by atoms with van der Waals surface area (Å²) < 4.78 is 61.3. The molecule has 0 spiro atoms. The molecule has 2 aromatic rings. The number of aromatic hydroxyl groups is 2. The molecule has 0 bridgehead atoms. The third-order valence-corrected chi connectivity index (χ3v) is 17.4. The van der Waals surface area contributed by atoms with E-state index in [-0.39, 0.29) is 90.0 Å². The van der Waals surface area contributed by atoms with Crippen LogP contribution in [0.2, 0.25) is 0 Å². The largest absolute Gasteiger partial charge is 0.507 e. The van der Waals surface area contributed by atoms with E-state index in [4.69, 9.17) is 47.4 Å². The maximum atomic E-state index is 15.1. The first-order valence-corrected chi connectivity index (χ1v) is 28.2. The Morgan fingerprint density at radius 1 is 0.750 bits per heavy atom. The van der Waals surface area contributed by atoms with Crippen molar-refractivity contribution in [2.45, 2.75) is 254 Å². The van der Waals surface area contributed by atoms with Crippen LogP contribution in [0.5, 0.6) is 17.2 Å². The molecule has 25 atom stereocenters. The molecule has 80 heavy (non-hydrogen) atoms. The number of aliphatic hydroxyl groups excluding tert-OH is 7. The summed E-state index contributed by atoms with van der Waals surface area (Å²) in [4.78, 5) is 41.0. The number of hydrogen-bond donors (Lipinski definition) is 10. The summed E-state index contributed by atoms with van der Waals surface area (Å²) in [5.74, 6) is -5.01. The smallest absolute Gasteiger partial charge is 0.305 e. The van der Waals surface area contributed by atoms with Crippen molar-refractivity contribution in [3.05, 3.63) is 28.8 Å². The Morgan fingerprint density at radius 3 is 1.96 bits per heavy atom. The van der Waals surface area contributed by atoms with Crippen molar-refractivity contribution in [1.82, 2.24) is 0 Å². The molecule has 0 amide bonds. The molecule has 3 aliphatic carbocycles. The Balaban J connectivity index is 1.03. The first-order chi connectivity index (χ1) is 37.6. The van der Waals surface area contributed by atoms with Crippen molar-refractivity contribution in [3.8, 4) is 17.2 Å². The van der Waals surface area contributed by atoms with Crippen LogP contribution in [0, 0.1) is 24.7 Å². The van der Waals surface area contributed by atoms with E-state index in [9.17, 15) is 60.7 Å². The van der Waals surface area contributed by atoms with E-state index in [1.54, 1.807) is 34.6 Å². The topological polar surface area (TPSA) is 346 Å². The average molecular weight is 1140 g/mol. The number of ether oxygens (including phenoxy) is 10. The molecule has 2 saturated carbocycles. The number of phenols is 2. The fourth-order valence-corrected chi connectivity index (χ4v) is 12.8. The number of esters is 1. The molecule has 5 fully saturated rings. The van der Waals surface area contributed by atoms with E-state index in [2.05, 4.69) is 0 Å². The lowest BCUT2D eigenvalue weighted by molar-refractivity contribution is -0.299. The van der Waals surface area contributed by atoms with Crippen molar-refractivity contribution < 1.29 is 113 Å². The zero-order valence-electron chi connectivity index (χ0n) is 47.2. The number of aliphatic hydroxyl groups is 8. The number of rotatable bonds is 17. The minimum atomic E-state index is -1.93. The molecule has 8 rings (SSSR count). The van der Waals surface area contributed by atoms with E-state index in [0.717, 1.165) is 0 Å². The van der Waals surface area contributed by atoms with Gasteiger partial charge < -0.3 is 98.4 Å². The summed E-state index contributed by atoms with van der Waals surface area (Å²) in [5, 5.41) is 112. The van der Waals surface area contributed by atoms with Crippen LogP contribution in [-0.4, -0.2) is 210 Å². The molecule has 5 unspecified atom stereocenters. The summed E-state index contributed by atoms with van der Waals surface area (Å²) in [6, 6.07) is 3.06. The molecule has 0 radical (unpaired) electrons. The molecule has 3 heterocycles. The molecule has 23 nitrogen and oxygen atoms in total. The van der Waals surface area contributed by atoms with Crippen molar-refractivity contribution in [3.63, 3.8) is 0 Å². The number of carbonyl (C=O) groups excluding carboxylic acids is 3. The van der Waals surface area contributed by atoms with Gasteiger partial charge in [0.1, 0.15) is 47.8 Å². The minimum Gasteiger partial charge on any atom is -0.507 e. The Hall–Kier alpha value is -3.73. The molecule has 3 aliphatic heterocycles. The second-order valence-corrected chi connectivity index (χ2v) is 23.7. The number of phenolic OH excluding ortho intramolecular Hbond substituents is 2. The molecular weight excluding hydrogens is 1050 g/mol. The number of hydrogen-bond acceptors (Lipinski definition) is 23. The van der Waals surface area contributed by atoms with Gasteiger partial charge in [0.05, 0.1) is 89.8 Å². The fourth-order valence-electron chi connectivity index (χ4n) is 12.8. The van der Waals surface area contributed by atoms with Crippen molar-refractivity contribution in [2.24, 2.45) is 17.8 Å². The Bertz CT molecular complexity index is 2490. The van der Waals surface area contributed by atoms with E-state index in [1.165, 1.54) is 33.1 Å². The van der Waals surface area contributed by atoms with E-state index >= 15 is 4.79 Å². The van der Waals surface area contributed by atoms with Gasteiger partial charge in [-0.15, -0.1) is 0 Å². The van der Waals surface area contributed by atoms with Crippen molar-refractivity contribution in [2.75, 3.05) is 7.11 Å². The van der Waals surface area contributed by atoms with Crippen LogP contribution < -0.4 is 4.74 Å². The fraction of sp³-hybridized carbons (Fsp3) is 0.772. The molecule has 10 N–H and O–H groups in total. The number of benzene rings is 2. The van der Waals surface area contributed by atoms with Crippen LogP contribution in [0.3, 0.4) is 0 Å². The maximum Gasteiger partial charge on any atom is 0.305 e. The lowest BCUT2D eigenvalue weighted by atomic mass is 9.75. The van der Waals surface area contributed by atoms with Gasteiger partial charge in [-0.05, 0) is 95.7 Å². The third kappa shape index (κ3) is 13.0. The minimum absolute atomic E-state index is 0.0483. The molecule has 0 aromatic heterocycles. The normalized spacial score (nSPS) is 40.9. The summed E-state index contributed by atoms with van der Waals surface area (Å²) in [5.41, 5.74) is -1.27. The predicted molar refractivity (Wildman–Crippen MR) is 279 cm³/mol. The van der Waals surface area contributed by atoms with E-state index in [1.807, 2.05) is 13.8 Å². The number of methoxy groups -OCH3 is 1. The SMILES string of the molecule is CCC(=O)O[C@@H]1C(C)O[C@@H](O[C@@H]2C[C@H](Oc3cc4cc5c(c(O)c4c(O)c3C)C(=O)[C@@H](O[C@H]3C[C@@H](O[C@@H]4CC(C)[C@H](O)[C@H](O[C@@H]6CC(C)[C@@H](O)[C@@](C)(O)C6)C4)[C@H](O)C(C)O3)[C@H]([C@H](OC)C(=O)[C@@H](O)[C@@H](C)O)C5)OC(C)[C@H]2O)C[C@H]1O. The van der Waals surface area contributed by atoms with Crippen molar-refractivity contribution in [1.29, 1.82) is 0 Å². The first-order valence-electron chi connectivity index (χ1n) is 28.2. The highest BCUT2D eigenvalue weighted by atomic mass is 16.7. The standard InChI is InChI=1S/C57H84O23/c1-11-39(60)79-53-28(8)74-40(18-34(53)59)78-38-20-41(72-27(7)49(38)65)77-35-16-30-14-29-15-33(54(71-10)52(68)47(63)25(5)58)55(51(67)44(29)50(66)43(30)46(62)24(35)4)80-42-19-37(48(64)26(6)73-42)75-31-12-22(2)45(61)36(17-31)76-32-13-23(3)56(69)57(9,70)21-32/h14,16,22-23,25-28,31-34,36-38,40-42,45,47-49,53-56,58-59,61-66,69-70H,11-13,15,17-21H2,1-10H3/t22?,23?,25-,26?,27?,28?,31-,32-,33+,34-,36-,37-,38-,40+,41+,42+,45+,47+,48-,49-,53-,54+,55+,56-,57+/m1/s1. The quantitative estimate of drug-likeness (QED) is 0.101. The van der Waals surface area contributed by atoms with Crippen LogP contribution in [0.15, 0.2) is 12.1 Å². The van der Waals surface area contributed by atoms with Crippen LogP contribution >= 0.6 is 0 Å². The summed E-state index contributed by atoms with van der Waals surface area (Å²) >= 11 is 0. The lowest BCUT2D eigenvalue weighted by Gasteiger charge is -2.46. The van der Waals surface area contributed by atoms with E-state index < -0.39 is 169 Å². The average Bonchev–Trinajstić information content (AvgIpc) is 3.58. The molecule has 2 aromatic carbocycles. The second kappa shape index (κ2) is 25.2. The molecule has 23 heteroatoms. The van der Waals surface area contributed by atoms with Crippen LogP contribution in [-0.2, 0) is 58.6 Å². The van der Waals surface area contributed by atoms with Gasteiger partial charge in [0.15, 0.2) is 30.3 Å². The summed E-state index contributed by atoms with van der Waals surface area (Å²) in [6.45, 7) is 14.5. The summed E-state index contributed by atoms with van der Waals surface area (Å²) in [6.07, 6.45) is -21.3. The Morgan fingerprint density at radius 2 is 1.34 bits per heavy atom. The van der Waals surface area contributed by atoms with Gasteiger partial charge in [0.2, 0.25) is 6.29 Å². The number of fused-ring (bicyclic) bond motifs is 2. The van der Waals surface area contributed by atoms with Gasteiger partial charge >= 0.3 is 5.97 Å². The predicted octanol–water partition coefficient (Wildman–Crippen LogP) is 2.04. The number of Topliss-reactive ketones (excluding diaryl/α,β-unsaturated/α-hetero) is 2. The van der Waals surface area contributed by atoms with Gasteiger partial charge in [-0.2, -0.15) is 0 Å². The van der Waals surface area contributed by atoms with Gasteiger partial charge in [-0.3, -0.25) is 14.4 Å². The molecular formula is C57H84O23. The van der Waals surface area contributed by atoms with Gasteiger partial charge in [0, 0.05) is 57.1 Å².